The molecule has 0 amide bonds. The molecule has 0 aliphatic rings. The first-order chi connectivity index (χ1) is 10.1. The molecule has 2 rings (SSSR count). The normalized spacial score (nSPS) is 12.4. The Kier molecular flexibility index (Phi) is 5.28. The molecular weight excluding hydrogens is 274 g/mol. The van der Waals surface area contributed by atoms with Crippen molar-refractivity contribution in [3.8, 4) is 5.75 Å². The third-order valence-corrected chi connectivity index (χ3v) is 3.26. The van der Waals surface area contributed by atoms with Crippen molar-refractivity contribution in [1.82, 2.24) is 0 Å². The maximum Gasteiger partial charge on any atom is 0.387 e. The first-order valence-corrected chi connectivity index (χ1v) is 6.92. The molecule has 0 spiro atoms. The van der Waals surface area contributed by atoms with Crippen LogP contribution in [0.15, 0.2) is 48.5 Å². The molecule has 1 atom stereocenters. The molecule has 1 unspecified atom stereocenters. The van der Waals surface area contributed by atoms with Crippen molar-refractivity contribution in [2.24, 2.45) is 0 Å². The van der Waals surface area contributed by atoms with Gasteiger partial charge in [0.25, 0.3) is 0 Å². The van der Waals surface area contributed by atoms with E-state index in [1.54, 1.807) is 12.1 Å². The van der Waals surface area contributed by atoms with Crippen molar-refractivity contribution in [2.45, 2.75) is 32.5 Å². The van der Waals surface area contributed by atoms with Crippen molar-refractivity contribution < 1.29 is 18.6 Å². The predicted octanol–water partition coefficient (Wildman–Crippen LogP) is 4.32. The molecule has 0 saturated heterocycles. The summed E-state index contributed by atoms with van der Waals surface area (Å²) in [5, 5.41) is 10.3. The highest BCUT2D eigenvalue weighted by Crippen LogP contribution is 2.25. The molecule has 2 aromatic carbocycles. The fourth-order valence-corrected chi connectivity index (χ4v) is 2.18. The number of alkyl halides is 2. The van der Waals surface area contributed by atoms with Crippen molar-refractivity contribution >= 4 is 0 Å². The van der Waals surface area contributed by atoms with Crippen LogP contribution in [0.4, 0.5) is 8.78 Å². The highest BCUT2D eigenvalue weighted by molar-refractivity contribution is 5.35. The summed E-state index contributed by atoms with van der Waals surface area (Å²) in [6.45, 7) is -0.724. The van der Waals surface area contributed by atoms with Gasteiger partial charge >= 0.3 is 6.61 Å². The van der Waals surface area contributed by atoms with Gasteiger partial charge in [-0.05, 0) is 35.2 Å². The molecule has 0 fully saturated rings. The molecule has 1 N–H and O–H groups in total. The molecule has 0 radical (unpaired) electrons. The van der Waals surface area contributed by atoms with Crippen LogP contribution < -0.4 is 4.74 Å². The number of aryl methyl sites for hydroxylation is 1. The molecule has 112 valence electrons. The van der Waals surface area contributed by atoms with Gasteiger partial charge in [-0.25, -0.2) is 0 Å². The summed E-state index contributed by atoms with van der Waals surface area (Å²) < 4.78 is 28.4. The minimum Gasteiger partial charge on any atom is -0.435 e. The highest BCUT2D eigenvalue weighted by Gasteiger charge is 2.11. The maximum atomic E-state index is 12.1. The third kappa shape index (κ3) is 4.26. The predicted molar refractivity (Wildman–Crippen MR) is 77.6 cm³/mol. The van der Waals surface area contributed by atoms with E-state index in [2.05, 4.69) is 11.7 Å². The fourth-order valence-electron chi connectivity index (χ4n) is 2.18. The van der Waals surface area contributed by atoms with Crippen LogP contribution in [-0.4, -0.2) is 11.7 Å². The molecule has 4 heteroatoms. The van der Waals surface area contributed by atoms with Crippen LogP contribution >= 0.6 is 0 Å². The van der Waals surface area contributed by atoms with Crippen molar-refractivity contribution in [2.75, 3.05) is 0 Å². The monoisotopic (exact) mass is 292 g/mol. The molecule has 2 aromatic rings. The summed E-state index contributed by atoms with van der Waals surface area (Å²) >= 11 is 0. The van der Waals surface area contributed by atoms with E-state index in [1.165, 1.54) is 17.7 Å². The first kappa shape index (κ1) is 15.4. The van der Waals surface area contributed by atoms with Crippen LogP contribution in [0.5, 0.6) is 5.75 Å². The molecular formula is C17H18F2O2. The number of aliphatic hydroxyl groups is 1. The lowest BCUT2D eigenvalue weighted by atomic mass is 9.99. The third-order valence-electron chi connectivity index (χ3n) is 3.26. The Morgan fingerprint density at radius 3 is 1.95 bits per heavy atom. The molecule has 0 aliphatic carbocycles. The number of halogens is 2. The van der Waals surface area contributed by atoms with Gasteiger partial charge in [-0.15, -0.1) is 0 Å². The largest absolute Gasteiger partial charge is 0.435 e. The Morgan fingerprint density at radius 2 is 1.48 bits per heavy atom. The Balaban J connectivity index is 2.09. The quantitative estimate of drug-likeness (QED) is 0.859. The van der Waals surface area contributed by atoms with E-state index in [9.17, 15) is 13.9 Å². The summed E-state index contributed by atoms with van der Waals surface area (Å²) in [5.41, 5.74) is 2.64. The average molecular weight is 292 g/mol. The van der Waals surface area contributed by atoms with E-state index >= 15 is 0 Å². The van der Waals surface area contributed by atoms with Crippen molar-refractivity contribution in [3.63, 3.8) is 0 Å². The van der Waals surface area contributed by atoms with E-state index in [1.807, 2.05) is 24.3 Å². The Hall–Kier alpha value is -1.94. The molecule has 0 bridgehead atoms. The van der Waals surface area contributed by atoms with Gasteiger partial charge in [-0.3, -0.25) is 0 Å². The zero-order valence-electron chi connectivity index (χ0n) is 11.8. The summed E-state index contributed by atoms with van der Waals surface area (Å²) in [6, 6.07) is 13.8. The Bertz CT molecular complexity index is 550. The van der Waals surface area contributed by atoms with Gasteiger partial charge < -0.3 is 9.84 Å². The molecule has 0 heterocycles. The average Bonchev–Trinajstić information content (AvgIpc) is 2.48. The molecule has 0 aromatic heterocycles. The zero-order chi connectivity index (χ0) is 15.2. The number of benzene rings is 2. The molecule has 0 saturated carbocycles. The highest BCUT2D eigenvalue weighted by atomic mass is 19.3. The summed E-state index contributed by atoms with van der Waals surface area (Å²) in [5.74, 6) is 0.0826. The topological polar surface area (TPSA) is 29.5 Å². The smallest absolute Gasteiger partial charge is 0.387 e. The number of ether oxygens (including phenoxy) is 1. The Morgan fingerprint density at radius 1 is 0.952 bits per heavy atom. The van der Waals surface area contributed by atoms with Crippen LogP contribution in [-0.2, 0) is 6.42 Å². The van der Waals surface area contributed by atoms with Gasteiger partial charge in [0.2, 0.25) is 0 Å². The molecule has 2 nitrogen and oxygen atoms in total. The minimum atomic E-state index is -2.84. The number of hydrogen-bond acceptors (Lipinski definition) is 2. The van der Waals surface area contributed by atoms with Crippen LogP contribution in [0.2, 0.25) is 0 Å². The lowest BCUT2D eigenvalue weighted by Gasteiger charge is -2.13. The summed E-state index contributed by atoms with van der Waals surface area (Å²) in [4.78, 5) is 0. The van der Waals surface area contributed by atoms with Gasteiger partial charge in [0.05, 0.1) is 0 Å². The van der Waals surface area contributed by atoms with Crippen LogP contribution in [0.1, 0.15) is 36.1 Å². The SMILES string of the molecule is CCCc1ccc(C(O)c2ccc(OC(F)F)cc2)cc1. The van der Waals surface area contributed by atoms with Gasteiger partial charge in [-0.2, -0.15) is 8.78 Å². The fraction of sp³-hybridized carbons (Fsp3) is 0.294. The number of aliphatic hydroxyl groups excluding tert-OH is 1. The first-order valence-electron chi connectivity index (χ1n) is 6.92. The van der Waals surface area contributed by atoms with E-state index < -0.39 is 12.7 Å². The van der Waals surface area contributed by atoms with E-state index in [-0.39, 0.29) is 5.75 Å². The number of rotatable bonds is 6. The van der Waals surface area contributed by atoms with E-state index in [0.717, 1.165) is 18.4 Å². The van der Waals surface area contributed by atoms with Crippen LogP contribution in [0.25, 0.3) is 0 Å². The lowest BCUT2D eigenvalue weighted by Crippen LogP contribution is -2.03. The van der Waals surface area contributed by atoms with Gasteiger partial charge in [0.15, 0.2) is 0 Å². The number of hydrogen-bond donors (Lipinski definition) is 1. The van der Waals surface area contributed by atoms with E-state index in [4.69, 9.17) is 0 Å². The second kappa shape index (κ2) is 7.18. The second-order valence-electron chi connectivity index (χ2n) is 4.84. The van der Waals surface area contributed by atoms with Crippen LogP contribution in [0, 0.1) is 0 Å². The van der Waals surface area contributed by atoms with Gasteiger partial charge in [0.1, 0.15) is 11.9 Å². The van der Waals surface area contributed by atoms with Crippen molar-refractivity contribution in [3.05, 3.63) is 65.2 Å². The molecule has 0 aliphatic heterocycles. The Labute approximate surface area is 123 Å². The van der Waals surface area contributed by atoms with Gasteiger partial charge in [0, 0.05) is 0 Å². The lowest BCUT2D eigenvalue weighted by molar-refractivity contribution is -0.0498. The second-order valence-corrected chi connectivity index (χ2v) is 4.84. The van der Waals surface area contributed by atoms with Gasteiger partial charge in [-0.1, -0.05) is 49.7 Å². The summed E-state index contributed by atoms with van der Waals surface area (Å²) in [7, 11) is 0. The minimum absolute atomic E-state index is 0.0826. The summed E-state index contributed by atoms with van der Waals surface area (Å²) in [6.07, 6.45) is 1.31. The maximum absolute atomic E-state index is 12.1. The van der Waals surface area contributed by atoms with E-state index in [0.29, 0.717) is 5.56 Å². The van der Waals surface area contributed by atoms with Crippen molar-refractivity contribution in [1.29, 1.82) is 0 Å². The van der Waals surface area contributed by atoms with Crippen LogP contribution in [0.3, 0.4) is 0 Å². The standard InChI is InChI=1S/C17H18F2O2/c1-2-3-12-4-6-13(7-5-12)16(20)14-8-10-15(11-9-14)21-17(18)19/h4-11,16-17,20H,2-3H2,1H3. The molecule has 21 heavy (non-hydrogen) atoms. The zero-order valence-corrected chi connectivity index (χ0v) is 11.8.